The van der Waals surface area contributed by atoms with Gasteiger partial charge in [-0.05, 0) is 36.6 Å². The van der Waals surface area contributed by atoms with Crippen LogP contribution in [0.25, 0.3) is 5.57 Å². The molecule has 0 radical (unpaired) electrons. The molecule has 6 heteroatoms. The average Bonchev–Trinajstić information content (AvgIpc) is 3.50. The van der Waals surface area contributed by atoms with Crippen molar-refractivity contribution >= 4 is 17.3 Å². The molecule has 172 valence electrons. The van der Waals surface area contributed by atoms with E-state index in [4.69, 9.17) is 4.74 Å². The number of allylic oxidation sites excluding steroid dienone is 1. The minimum Gasteiger partial charge on any atom is -0.496 e. The number of hydrogen-bond donors (Lipinski definition) is 2. The molecule has 2 aliphatic rings. The van der Waals surface area contributed by atoms with Gasteiger partial charge in [-0.15, -0.1) is 0 Å². The number of likely N-dealkylation sites (tertiary alicyclic amines) is 1. The van der Waals surface area contributed by atoms with Gasteiger partial charge in [0.15, 0.2) is 0 Å². The van der Waals surface area contributed by atoms with Gasteiger partial charge in [0, 0.05) is 48.0 Å². The molecule has 1 saturated heterocycles. The lowest BCUT2D eigenvalue weighted by Crippen LogP contribution is -2.37. The van der Waals surface area contributed by atoms with Crippen molar-refractivity contribution in [3.05, 3.63) is 83.1 Å². The first-order valence-electron chi connectivity index (χ1n) is 11.4. The van der Waals surface area contributed by atoms with Crippen molar-refractivity contribution in [2.45, 2.75) is 31.7 Å². The monoisotopic (exact) mass is 445 g/mol. The minimum atomic E-state index is -0.0814. The van der Waals surface area contributed by atoms with Crippen LogP contribution in [0.1, 0.15) is 47.2 Å². The molecule has 4 rings (SSSR count). The van der Waals surface area contributed by atoms with Crippen molar-refractivity contribution in [3.63, 3.8) is 0 Å². The van der Waals surface area contributed by atoms with E-state index in [0.717, 1.165) is 46.7 Å². The van der Waals surface area contributed by atoms with Gasteiger partial charge in [-0.3, -0.25) is 9.79 Å². The van der Waals surface area contributed by atoms with E-state index in [-0.39, 0.29) is 24.5 Å². The highest BCUT2D eigenvalue weighted by molar-refractivity contribution is 6.17. The molecule has 0 spiro atoms. The summed E-state index contributed by atoms with van der Waals surface area (Å²) in [6, 6.07) is 15.7. The number of hydrogen-bond acceptors (Lipinski definition) is 4. The number of benzene rings is 2. The summed E-state index contributed by atoms with van der Waals surface area (Å²) in [6.45, 7) is 2.83. The lowest BCUT2D eigenvalue weighted by molar-refractivity contribution is 0.0677. The highest BCUT2D eigenvalue weighted by Gasteiger charge is 2.29. The Hall–Kier alpha value is -3.38. The maximum absolute atomic E-state index is 13.1. The van der Waals surface area contributed by atoms with Crippen LogP contribution >= 0.6 is 0 Å². The van der Waals surface area contributed by atoms with Gasteiger partial charge in [0.2, 0.25) is 0 Å². The van der Waals surface area contributed by atoms with Crippen LogP contribution in [0.5, 0.6) is 5.75 Å². The number of nitrogens with one attached hydrogen (secondary N) is 1. The smallest absolute Gasteiger partial charge is 0.254 e. The number of carbonyl (C=O) groups excluding carboxylic acids is 1. The third-order valence-corrected chi connectivity index (χ3v) is 6.44. The fourth-order valence-electron chi connectivity index (χ4n) is 4.63. The predicted octanol–water partition coefficient (Wildman–Crippen LogP) is 3.99. The molecule has 1 fully saturated rings. The van der Waals surface area contributed by atoms with Gasteiger partial charge in [-0.2, -0.15) is 0 Å². The van der Waals surface area contributed by atoms with Gasteiger partial charge in [0.05, 0.1) is 19.8 Å². The van der Waals surface area contributed by atoms with E-state index in [1.807, 2.05) is 54.7 Å². The second-order valence-corrected chi connectivity index (χ2v) is 8.45. The predicted molar refractivity (Wildman–Crippen MR) is 132 cm³/mol. The molecule has 33 heavy (non-hydrogen) atoms. The topological polar surface area (TPSA) is 74.2 Å². The van der Waals surface area contributed by atoms with E-state index in [9.17, 15) is 9.90 Å². The Labute approximate surface area is 195 Å². The van der Waals surface area contributed by atoms with Crippen LogP contribution in [-0.4, -0.2) is 55.1 Å². The standard InChI is InChI=1S/C27H31N3O3/c1-18(19-8-6-9-20(15-19)27(32)30-13-7-10-21(30)17-31)14-23-24(16-29-26(23)28-2)22-11-4-5-12-25(22)33-3/h4-6,8-9,11-12,14-16,18,21,31H,7,10,13,17H2,1-3H3,(H,28,29)/b23-14-/t18?,21-/m1/s1. The van der Waals surface area contributed by atoms with Gasteiger partial charge < -0.3 is 20.1 Å². The highest BCUT2D eigenvalue weighted by Crippen LogP contribution is 2.35. The van der Waals surface area contributed by atoms with Crippen molar-refractivity contribution in [2.75, 3.05) is 27.3 Å². The number of rotatable bonds is 6. The van der Waals surface area contributed by atoms with Gasteiger partial charge in [0.1, 0.15) is 11.6 Å². The zero-order chi connectivity index (χ0) is 23.4. The van der Waals surface area contributed by atoms with Gasteiger partial charge in [0.25, 0.3) is 5.91 Å². The lowest BCUT2D eigenvalue weighted by atomic mass is 9.92. The van der Waals surface area contributed by atoms with E-state index < -0.39 is 0 Å². The van der Waals surface area contributed by atoms with Crippen LogP contribution in [0.4, 0.5) is 0 Å². The first-order valence-corrected chi connectivity index (χ1v) is 11.4. The van der Waals surface area contributed by atoms with Crippen molar-refractivity contribution in [2.24, 2.45) is 4.99 Å². The van der Waals surface area contributed by atoms with E-state index >= 15 is 0 Å². The first-order chi connectivity index (χ1) is 16.1. The molecule has 2 aliphatic heterocycles. The van der Waals surface area contributed by atoms with Gasteiger partial charge in [-0.25, -0.2) is 0 Å². The number of methoxy groups -OCH3 is 1. The molecule has 2 N–H and O–H groups in total. The largest absolute Gasteiger partial charge is 0.496 e. The highest BCUT2D eigenvalue weighted by atomic mass is 16.5. The molecule has 2 aromatic rings. The lowest BCUT2D eigenvalue weighted by Gasteiger charge is -2.23. The zero-order valence-corrected chi connectivity index (χ0v) is 19.4. The number of aliphatic hydroxyl groups is 1. The van der Waals surface area contributed by atoms with Crippen LogP contribution in [0.15, 0.2) is 71.4 Å². The minimum absolute atomic E-state index is 0.0120. The van der Waals surface area contributed by atoms with Crippen LogP contribution < -0.4 is 10.1 Å². The molecule has 0 aromatic heterocycles. The fraction of sp³-hybridized carbons (Fsp3) is 0.333. The number of aliphatic hydroxyl groups excluding tert-OH is 1. The van der Waals surface area contributed by atoms with Crippen molar-refractivity contribution in [1.29, 1.82) is 0 Å². The van der Waals surface area contributed by atoms with Crippen LogP contribution in [-0.2, 0) is 0 Å². The normalized spacial score (nSPS) is 21.3. The average molecular weight is 446 g/mol. The van der Waals surface area contributed by atoms with Crippen LogP contribution in [0.3, 0.4) is 0 Å². The molecule has 0 bridgehead atoms. The number of ether oxygens (including phenoxy) is 1. The summed E-state index contributed by atoms with van der Waals surface area (Å²) in [7, 11) is 3.44. The fourth-order valence-corrected chi connectivity index (χ4v) is 4.63. The number of amidine groups is 1. The first kappa shape index (κ1) is 22.8. The maximum Gasteiger partial charge on any atom is 0.254 e. The molecule has 2 aromatic carbocycles. The second-order valence-electron chi connectivity index (χ2n) is 8.45. The summed E-state index contributed by atoms with van der Waals surface area (Å²) in [6.07, 6.45) is 5.93. The van der Waals surface area contributed by atoms with Crippen molar-refractivity contribution < 1.29 is 14.6 Å². The molecule has 0 aliphatic carbocycles. The number of aliphatic imine (C=N–C) groups is 1. The Kier molecular flexibility index (Phi) is 6.94. The van der Waals surface area contributed by atoms with Gasteiger partial charge in [-0.1, -0.05) is 43.3 Å². The molecule has 2 atom stereocenters. The summed E-state index contributed by atoms with van der Waals surface area (Å²) in [4.78, 5) is 19.3. The molecule has 1 unspecified atom stereocenters. The summed E-state index contributed by atoms with van der Waals surface area (Å²) in [5.41, 5.74) is 4.74. The zero-order valence-electron chi connectivity index (χ0n) is 19.4. The number of amides is 1. The summed E-state index contributed by atoms with van der Waals surface area (Å²) in [5, 5.41) is 12.9. The number of para-hydroxylation sites is 1. The molecule has 1 amide bonds. The molecule has 2 heterocycles. The SMILES string of the molecule is CN=C1NC=C(c2ccccc2OC)/C1=C/C(C)c1cccc(C(=O)N2CCC[C@@H]2CO)c1. The Morgan fingerprint density at radius 1 is 1.30 bits per heavy atom. The van der Waals surface area contributed by atoms with E-state index in [2.05, 4.69) is 23.3 Å². The van der Waals surface area contributed by atoms with Gasteiger partial charge >= 0.3 is 0 Å². The van der Waals surface area contributed by atoms with Crippen molar-refractivity contribution in [1.82, 2.24) is 10.2 Å². The maximum atomic E-state index is 13.1. The summed E-state index contributed by atoms with van der Waals surface area (Å²) >= 11 is 0. The summed E-state index contributed by atoms with van der Waals surface area (Å²) < 4.78 is 5.58. The third kappa shape index (κ3) is 4.57. The third-order valence-electron chi connectivity index (χ3n) is 6.44. The van der Waals surface area contributed by atoms with Crippen LogP contribution in [0.2, 0.25) is 0 Å². The molecular weight excluding hydrogens is 414 g/mol. The molecular formula is C27H31N3O3. The number of carbonyl (C=O) groups is 1. The Balaban J connectivity index is 1.64. The Bertz CT molecular complexity index is 1120. The van der Waals surface area contributed by atoms with E-state index in [0.29, 0.717) is 12.1 Å². The number of nitrogens with zero attached hydrogens (tertiary/aromatic N) is 2. The van der Waals surface area contributed by atoms with Crippen molar-refractivity contribution in [3.8, 4) is 5.75 Å². The second kappa shape index (κ2) is 10.0. The Morgan fingerprint density at radius 3 is 2.88 bits per heavy atom. The quantitative estimate of drug-likeness (QED) is 0.705. The van der Waals surface area contributed by atoms with Crippen LogP contribution in [0, 0.1) is 0 Å². The van der Waals surface area contributed by atoms with E-state index in [1.54, 1.807) is 19.1 Å². The molecule has 6 nitrogen and oxygen atoms in total. The summed E-state index contributed by atoms with van der Waals surface area (Å²) in [5.74, 6) is 1.65. The Morgan fingerprint density at radius 2 is 2.12 bits per heavy atom. The van der Waals surface area contributed by atoms with E-state index in [1.165, 1.54) is 0 Å². The molecule has 0 saturated carbocycles.